The van der Waals surface area contributed by atoms with Crippen LogP contribution in [0.2, 0.25) is 0 Å². The number of aromatic carboxylic acids is 1. The average Bonchev–Trinajstić information content (AvgIpc) is 2.48. The van der Waals surface area contributed by atoms with Crippen molar-refractivity contribution in [2.75, 3.05) is 12.4 Å². The molecule has 2 aromatic carbocycles. The van der Waals surface area contributed by atoms with Gasteiger partial charge in [-0.2, -0.15) is 0 Å². The Morgan fingerprint density at radius 1 is 1.18 bits per heavy atom. The van der Waals surface area contributed by atoms with E-state index in [9.17, 15) is 14.7 Å². The van der Waals surface area contributed by atoms with Crippen LogP contribution in [0.5, 0.6) is 5.75 Å². The van der Waals surface area contributed by atoms with Crippen LogP contribution in [0.1, 0.15) is 26.3 Å². The predicted octanol–water partition coefficient (Wildman–Crippen LogP) is 3.72. The molecule has 1 amide bonds. The van der Waals surface area contributed by atoms with E-state index in [1.165, 1.54) is 13.2 Å². The number of benzene rings is 2. The van der Waals surface area contributed by atoms with Crippen molar-refractivity contribution in [1.82, 2.24) is 0 Å². The van der Waals surface area contributed by atoms with E-state index in [1.807, 2.05) is 0 Å². The van der Waals surface area contributed by atoms with Gasteiger partial charge in [0, 0.05) is 4.47 Å². The highest BCUT2D eigenvalue weighted by molar-refractivity contribution is 9.10. The summed E-state index contributed by atoms with van der Waals surface area (Å²) in [5, 5.41) is 11.9. The normalized spacial score (nSPS) is 10.1. The van der Waals surface area contributed by atoms with E-state index in [-0.39, 0.29) is 11.3 Å². The third-order valence-corrected chi connectivity index (χ3v) is 3.64. The van der Waals surface area contributed by atoms with Crippen LogP contribution in [0.3, 0.4) is 0 Å². The number of hydrogen-bond donors (Lipinski definition) is 2. The van der Waals surface area contributed by atoms with Gasteiger partial charge in [-0.15, -0.1) is 0 Å². The summed E-state index contributed by atoms with van der Waals surface area (Å²) in [5.74, 6) is -1.12. The van der Waals surface area contributed by atoms with Crippen molar-refractivity contribution in [1.29, 1.82) is 0 Å². The van der Waals surface area contributed by atoms with Gasteiger partial charge in [0.2, 0.25) is 0 Å². The summed E-state index contributed by atoms with van der Waals surface area (Å²) in [7, 11) is 1.47. The topological polar surface area (TPSA) is 75.6 Å². The Morgan fingerprint density at radius 2 is 1.91 bits per heavy atom. The number of rotatable bonds is 4. The van der Waals surface area contributed by atoms with Gasteiger partial charge in [-0.1, -0.05) is 28.1 Å². The van der Waals surface area contributed by atoms with Gasteiger partial charge in [-0.25, -0.2) is 4.79 Å². The summed E-state index contributed by atoms with van der Waals surface area (Å²) in [5.41, 5.74) is 1.31. The first-order valence-corrected chi connectivity index (χ1v) is 7.21. The molecular formula is C16H14BrNO4. The Kier molecular flexibility index (Phi) is 4.82. The summed E-state index contributed by atoms with van der Waals surface area (Å²) in [4.78, 5) is 23.8. The Bertz CT molecular complexity index is 743. The summed E-state index contributed by atoms with van der Waals surface area (Å²) >= 11 is 3.30. The Balaban J connectivity index is 2.42. The van der Waals surface area contributed by atoms with Crippen LogP contribution in [0.15, 0.2) is 40.9 Å². The maximum Gasteiger partial charge on any atom is 0.337 e. The molecule has 6 heteroatoms. The number of nitrogens with one attached hydrogen (secondary N) is 1. The molecule has 0 saturated heterocycles. The van der Waals surface area contributed by atoms with Crippen molar-refractivity contribution in [3.05, 3.63) is 57.6 Å². The number of carboxylic acid groups (broad SMARTS) is 1. The minimum absolute atomic E-state index is 0.0438. The lowest BCUT2D eigenvalue weighted by molar-refractivity contribution is 0.0698. The maximum absolute atomic E-state index is 12.5. The van der Waals surface area contributed by atoms with Crippen molar-refractivity contribution < 1.29 is 19.4 Å². The summed E-state index contributed by atoms with van der Waals surface area (Å²) in [6.07, 6.45) is 0. The number of ether oxygens (including phenoxy) is 1. The molecule has 0 saturated carbocycles. The zero-order valence-electron chi connectivity index (χ0n) is 12.0. The molecule has 0 aromatic heterocycles. The van der Waals surface area contributed by atoms with E-state index in [4.69, 9.17) is 4.74 Å². The number of halogens is 1. The van der Waals surface area contributed by atoms with Gasteiger partial charge in [0.05, 0.1) is 23.9 Å². The van der Waals surface area contributed by atoms with Crippen molar-refractivity contribution in [3.63, 3.8) is 0 Å². The standard InChI is InChI=1S/C16H14BrNO4/c1-9-4-3-5-11(16(20)21)14(9)18-15(19)12-8-10(17)6-7-13(12)22-2/h3-8H,1-2H3,(H,18,19)(H,20,21). The molecular weight excluding hydrogens is 350 g/mol. The number of methoxy groups -OCH3 is 1. The first-order valence-electron chi connectivity index (χ1n) is 6.42. The number of hydrogen-bond acceptors (Lipinski definition) is 3. The van der Waals surface area contributed by atoms with Gasteiger partial charge in [0.25, 0.3) is 5.91 Å². The van der Waals surface area contributed by atoms with Crippen LogP contribution in [0.4, 0.5) is 5.69 Å². The smallest absolute Gasteiger partial charge is 0.337 e. The zero-order chi connectivity index (χ0) is 16.3. The molecule has 114 valence electrons. The third-order valence-electron chi connectivity index (χ3n) is 3.15. The fraction of sp³-hybridized carbons (Fsp3) is 0.125. The molecule has 0 aliphatic carbocycles. The highest BCUT2D eigenvalue weighted by Gasteiger charge is 2.18. The van der Waals surface area contributed by atoms with Crippen LogP contribution in [0, 0.1) is 6.92 Å². The molecule has 5 nitrogen and oxygen atoms in total. The lowest BCUT2D eigenvalue weighted by atomic mass is 10.1. The summed E-state index contributed by atoms with van der Waals surface area (Å²) < 4.78 is 5.89. The molecule has 2 aromatic rings. The van der Waals surface area contributed by atoms with Gasteiger partial charge in [-0.3, -0.25) is 4.79 Å². The monoisotopic (exact) mass is 363 g/mol. The number of amides is 1. The fourth-order valence-electron chi connectivity index (χ4n) is 2.05. The van der Waals surface area contributed by atoms with Crippen LogP contribution in [-0.2, 0) is 0 Å². The quantitative estimate of drug-likeness (QED) is 0.867. The average molecular weight is 364 g/mol. The molecule has 0 fully saturated rings. The van der Waals surface area contributed by atoms with Gasteiger partial charge in [0.1, 0.15) is 5.75 Å². The van der Waals surface area contributed by atoms with Gasteiger partial charge < -0.3 is 15.2 Å². The maximum atomic E-state index is 12.5. The molecule has 2 N–H and O–H groups in total. The largest absolute Gasteiger partial charge is 0.496 e. The van der Waals surface area contributed by atoms with Crippen LogP contribution in [0.25, 0.3) is 0 Å². The van der Waals surface area contributed by atoms with E-state index in [1.54, 1.807) is 37.3 Å². The summed E-state index contributed by atoms with van der Waals surface area (Å²) in [6, 6.07) is 9.85. The van der Waals surface area contributed by atoms with Crippen LogP contribution in [-0.4, -0.2) is 24.1 Å². The van der Waals surface area contributed by atoms with E-state index < -0.39 is 11.9 Å². The lowest BCUT2D eigenvalue weighted by Crippen LogP contribution is -2.16. The first kappa shape index (κ1) is 16.0. The molecule has 0 aliphatic heterocycles. The molecule has 0 unspecified atom stereocenters. The third kappa shape index (κ3) is 3.28. The van der Waals surface area contributed by atoms with Crippen LogP contribution >= 0.6 is 15.9 Å². The number of carboxylic acids is 1. The van der Waals surface area contributed by atoms with Crippen molar-refractivity contribution in [2.45, 2.75) is 6.92 Å². The second-order valence-electron chi connectivity index (χ2n) is 4.60. The fourth-order valence-corrected chi connectivity index (χ4v) is 2.41. The molecule has 0 heterocycles. The highest BCUT2D eigenvalue weighted by atomic mass is 79.9. The summed E-state index contributed by atoms with van der Waals surface area (Å²) in [6.45, 7) is 1.74. The first-order chi connectivity index (χ1) is 10.4. The number of para-hydroxylation sites is 1. The predicted molar refractivity (Wildman–Crippen MR) is 86.8 cm³/mol. The van der Waals surface area contributed by atoms with E-state index in [0.29, 0.717) is 16.9 Å². The molecule has 22 heavy (non-hydrogen) atoms. The van der Waals surface area contributed by atoms with Gasteiger partial charge in [0.15, 0.2) is 0 Å². The van der Waals surface area contributed by atoms with Crippen molar-refractivity contribution in [3.8, 4) is 5.75 Å². The Hall–Kier alpha value is -2.34. The molecule has 2 rings (SSSR count). The van der Waals surface area contributed by atoms with Crippen LogP contribution < -0.4 is 10.1 Å². The number of aryl methyl sites for hydroxylation is 1. The Morgan fingerprint density at radius 3 is 2.55 bits per heavy atom. The van der Waals surface area contributed by atoms with E-state index in [2.05, 4.69) is 21.2 Å². The molecule has 0 atom stereocenters. The SMILES string of the molecule is COc1ccc(Br)cc1C(=O)Nc1c(C)cccc1C(=O)O. The molecule has 0 spiro atoms. The zero-order valence-corrected chi connectivity index (χ0v) is 13.6. The van der Waals surface area contributed by atoms with E-state index >= 15 is 0 Å². The molecule has 0 aliphatic rings. The minimum atomic E-state index is -1.10. The second kappa shape index (κ2) is 6.62. The molecule has 0 bridgehead atoms. The second-order valence-corrected chi connectivity index (χ2v) is 5.52. The van der Waals surface area contributed by atoms with E-state index in [0.717, 1.165) is 4.47 Å². The van der Waals surface area contributed by atoms with Gasteiger partial charge >= 0.3 is 5.97 Å². The number of anilines is 1. The highest BCUT2D eigenvalue weighted by Crippen LogP contribution is 2.26. The number of carbonyl (C=O) groups excluding carboxylic acids is 1. The van der Waals surface area contributed by atoms with Gasteiger partial charge in [-0.05, 0) is 36.8 Å². The lowest BCUT2D eigenvalue weighted by Gasteiger charge is -2.13. The number of carbonyl (C=O) groups is 2. The van der Waals surface area contributed by atoms with Crippen molar-refractivity contribution in [2.24, 2.45) is 0 Å². The molecule has 0 radical (unpaired) electrons. The van der Waals surface area contributed by atoms with Crippen molar-refractivity contribution >= 4 is 33.5 Å². The minimum Gasteiger partial charge on any atom is -0.496 e. The Labute approximate surface area is 136 Å².